The Morgan fingerprint density at radius 1 is 1.39 bits per heavy atom. The van der Waals surface area contributed by atoms with Crippen molar-refractivity contribution in [3.63, 3.8) is 0 Å². The van der Waals surface area contributed by atoms with Gasteiger partial charge in [0.2, 0.25) is 0 Å². The van der Waals surface area contributed by atoms with Gasteiger partial charge >= 0.3 is 12.0 Å². The van der Waals surface area contributed by atoms with Gasteiger partial charge in [0.1, 0.15) is 6.04 Å². The number of carbonyl (C=O) groups is 2. The molecule has 3 atom stereocenters. The molecule has 6 nitrogen and oxygen atoms in total. The van der Waals surface area contributed by atoms with Crippen molar-refractivity contribution in [3.8, 4) is 0 Å². The molecular weight excluding hydrogens is 256 g/mol. The van der Waals surface area contributed by atoms with Crippen LogP contribution in [0, 0.1) is 0 Å². The summed E-state index contributed by atoms with van der Waals surface area (Å²) in [7, 11) is 0. The number of carbonyl (C=O) groups excluding carboxylic acids is 1. The Morgan fingerprint density at radius 2 is 2.11 bits per heavy atom. The number of hydrogen-bond acceptors (Lipinski definition) is 4. The summed E-state index contributed by atoms with van der Waals surface area (Å²) in [4.78, 5) is 26.5. The molecule has 2 fully saturated rings. The van der Waals surface area contributed by atoms with Crippen LogP contribution >= 0.6 is 11.8 Å². The zero-order chi connectivity index (χ0) is 13.3. The summed E-state index contributed by atoms with van der Waals surface area (Å²) >= 11 is 1.47. The number of nitrogens with zero attached hydrogens (tertiary/aromatic N) is 2. The summed E-state index contributed by atoms with van der Waals surface area (Å²) in [6.45, 7) is 2.74. The number of rotatable bonds is 1. The van der Waals surface area contributed by atoms with Crippen LogP contribution in [0.2, 0.25) is 0 Å². The van der Waals surface area contributed by atoms with Crippen LogP contribution in [0.1, 0.15) is 19.8 Å². The molecule has 0 saturated carbocycles. The van der Waals surface area contributed by atoms with Crippen molar-refractivity contribution < 1.29 is 19.8 Å². The Kier molecular flexibility index (Phi) is 4.01. The molecule has 0 aromatic heterocycles. The molecule has 2 N–H and O–H groups in total. The molecule has 102 valence electrons. The summed E-state index contributed by atoms with van der Waals surface area (Å²) in [6, 6.07) is -1.02. The maximum Gasteiger partial charge on any atom is 0.327 e. The first kappa shape index (κ1) is 13.5. The molecule has 0 aromatic carbocycles. The highest BCUT2D eigenvalue weighted by Crippen LogP contribution is 2.30. The second-order valence-corrected chi connectivity index (χ2v) is 6.07. The number of carboxylic acid groups (broad SMARTS) is 1. The molecule has 2 amide bonds. The summed E-state index contributed by atoms with van der Waals surface area (Å²) in [5.41, 5.74) is 0. The number of amides is 2. The van der Waals surface area contributed by atoms with E-state index in [4.69, 9.17) is 5.11 Å². The minimum Gasteiger partial charge on any atom is -0.480 e. The van der Waals surface area contributed by atoms with Crippen molar-refractivity contribution in [2.75, 3.05) is 18.8 Å². The number of carboxylic acids is 1. The summed E-state index contributed by atoms with van der Waals surface area (Å²) in [6.07, 6.45) is 0.979. The van der Waals surface area contributed by atoms with Crippen LogP contribution in [0.3, 0.4) is 0 Å². The van der Waals surface area contributed by atoms with E-state index < -0.39 is 18.1 Å². The number of urea groups is 1. The highest BCUT2D eigenvalue weighted by Gasteiger charge is 2.41. The lowest BCUT2D eigenvalue weighted by Crippen LogP contribution is -2.54. The quantitative estimate of drug-likeness (QED) is 0.724. The van der Waals surface area contributed by atoms with E-state index >= 15 is 0 Å². The first-order valence-corrected chi connectivity index (χ1v) is 7.15. The summed E-state index contributed by atoms with van der Waals surface area (Å²) in [5, 5.41) is 18.6. The van der Waals surface area contributed by atoms with E-state index in [9.17, 15) is 14.7 Å². The topological polar surface area (TPSA) is 81.1 Å². The minimum absolute atomic E-state index is 0.127. The van der Waals surface area contributed by atoms with E-state index in [1.807, 2.05) is 6.92 Å². The van der Waals surface area contributed by atoms with Crippen LogP contribution in [0.25, 0.3) is 0 Å². The van der Waals surface area contributed by atoms with E-state index in [1.165, 1.54) is 16.7 Å². The molecule has 0 aliphatic carbocycles. The first-order chi connectivity index (χ1) is 8.50. The molecule has 2 aliphatic heterocycles. The van der Waals surface area contributed by atoms with Gasteiger partial charge in [-0.25, -0.2) is 9.59 Å². The molecule has 3 unspecified atom stereocenters. The molecule has 2 rings (SSSR count). The third kappa shape index (κ3) is 2.56. The molecule has 2 aliphatic rings. The van der Waals surface area contributed by atoms with E-state index in [0.29, 0.717) is 25.3 Å². The number of aliphatic carboxylic acids is 1. The smallest absolute Gasteiger partial charge is 0.327 e. The normalized spacial score (nSPS) is 32.7. The monoisotopic (exact) mass is 274 g/mol. The Labute approximate surface area is 110 Å². The van der Waals surface area contributed by atoms with Crippen molar-refractivity contribution in [2.45, 2.75) is 37.3 Å². The Hall–Kier alpha value is -0.950. The number of piperidine rings is 1. The maximum absolute atomic E-state index is 12.3. The fourth-order valence-electron chi connectivity index (χ4n) is 2.42. The van der Waals surface area contributed by atoms with Crippen LogP contribution in [0.5, 0.6) is 0 Å². The third-order valence-electron chi connectivity index (χ3n) is 3.40. The molecule has 2 heterocycles. The SMILES string of the molecule is CC1SCC(C(=O)O)N1C(=O)N1CCCC(O)C1. The van der Waals surface area contributed by atoms with Gasteiger partial charge in [-0.05, 0) is 19.8 Å². The van der Waals surface area contributed by atoms with Gasteiger partial charge < -0.3 is 15.1 Å². The zero-order valence-electron chi connectivity index (χ0n) is 10.3. The van der Waals surface area contributed by atoms with Crippen LogP contribution in [0.15, 0.2) is 0 Å². The predicted molar refractivity (Wildman–Crippen MR) is 67.4 cm³/mol. The fraction of sp³-hybridized carbons (Fsp3) is 0.818. The first-order valence-electron chi connectivity index (χ1n) is 6.10. The molecular formula is C11H18N2O4S. The number of likely N-dealkylation sites (tertiary alicyclic amines) is 1. The lowest BCUT2D eigenvalue weighted by atomic mass is 10.1. The molecule has 0 bridgehead atoms. The van der Waals surface area contributed by atoms with Crippen molar-refractivity contribution >= 4 is 23.8 Å². The Balaban J connectivity index is 2.08. The van der Waals surface area contributed by atoms with Crippen LogP contribution in [-0.2, 0) is 4.79 Å². The van der Waals surface area contributed by atoms with Gasteiger partial charge in [0.25, 0.3) is 0 Å². The van der Waals surface area contributed by atoms with Crippen LogP contribution in [-0.4, -0.2) is 68.4 Å². The largest absolute Gasteiger partial charge is 0.480 e. The Bertz CT molecular complexity index is 352. The fourth-order valence-corrected chi connectivity index (χ4v) is 3.58. The second kappa shape index (κ2) is 5.36. The van der Waals surface area contributed by atoms with Gasteiger partial charge in [0, 0.05) is 18.8 Å². The van der Waals surface area contributed by atoms with Crippen molar-refractivity contribution in [1.29, 1.82) is 0 Å². The number of aliphatic hydroxyl groups excluding tert-OH is 1. The van der Waals surface area contributed by atoms with E-state index in [0.717, 1.165) is 6.42 Å². The van der Waals surface area contributed by atoms with Gasteiger partial charge in [-0.15, -0.1) is 11.8 Å². The third-order valence-corrected chi connectivity index (χ3v) is 4.61. The van der Waals surface area contributed by atoms with Crippen LogP contribution < -0.4 is 0 Å². The lowest BCUT2D eigenvalue weighted by Gasteiger charge is -2.35. The van der Waals surface area contributed by atoms with Crippen LogP contribution in [0.4, 0.5) is 4.79 Å². The van der Waals surface area contributed by atoms with Crippen molar-refractivity contribution in [2.24, 2.45) is 0 Å². The molecule has 7 heteroatoms. The molecule has 2 saturated heterocycles. The number of β-amino-alcohol motifs (C(OH)–C–C–N with tert-alkyl or cyclic N) is 1. The summed E-state index contributed by atoms with van der Waals surface area (Å²) in [5.74, 6) is -0.531. The van der Waals surface area contributed by atoms with E-state index in [2.05, 4.69) is 0 Å². The van der Waals surface area contributed by atoms with Gasteiger partial charge in [0.05, 0.1) is 11.5 Å². The van der Waals surface area contributed by atoms with Gasteiger partial charge in [0.15, 0.2) is 0 Å². The maximum atomic E-state index is 12.3. The number of aliphatic hydroxyl groups is 1. The van der Waals surface area contributed by atoms with Crippen molar-refractivity contribution in [3.05, 3.63) is 0 Å². The number of hydrogen-bond donors (Lipinski definition) is 2. The van der Waals surface area contributed by atoms with Gasteiger partial charge in [-0.2, -0.15) is 0 Å². The standard InChI is InChI=1S/C11H18N2O4S/c1-7-13(9(6-18-7)10(15)16)11(17)12-4-2-3-8(14)5-12/h7-9,14H,2-6H2,1H3,(H,15,16). The van der Waals surface area contributed by atoms with Crippen molar-refractivity contribution in [1.82, 2.24) is 9.80 Å². The molecule has 0 aromatic rings. The lowest BCUT2D eigenvalue weighted by molar-refractivity contribution is -0.141. The average Bonchev–Trinajstić information content (AvgIpc) is 2.70. The van der Waals surface area contributed by atoms with E-state index in [1.54, 1.807) is 4.90 Å². The van der Waals surface area contributed by atoms with E-state index in [-0.39, 0.29) is 11.4 Å². The Morgan fingerprint density at radius 3 is 2.72 bits per heavy atom. The minimum atomic E-state index is -0.960. The highest BCUT2D eigenvalue weighted by atomic mass is 32.2. The predicted octanol–water partition coefficient (Wildman–Crippen LogP) is 0.411. The molecule has 18 heavy (non-hydrogen) atoms. The average molecular weight is 274 g/mol. The molecule has 0 radical (unpaired) electrons. The van der Waals surface area contributed by atoms with Gasteiger partial charge in [-0.3, -0.25) is 4.90 Å². The summed E-state index contributed by atoms with van der Waals surface area (Å²) < 4.78 is 0. The highest BCUT2D eigenvalue weighted by molar-refractivity contribution is 8.00. The van der Waals surface area contributed by atoms with Gasteiger partial charge in [-0.1, -0.05) is 0 Å². The second-order valence-electron chi connectivity index (χ2n) is 4.72. The zero-order valence-corrected chi connectivity index (χ0v) is 11.1. The molecule has 0 spiro atoms. The number of thioether (sulfide) groups is 1.